The van der Waals surface area contributed by atoms with Crippen molar-refractivity contribution in [1.29, 1.82) is 0 Å². The maximum absolute atomic E-state index is 11.5. The van der Waals surface area contributed by atoms with E-state index in [1.807, 2.05) is 20.8 Å². The van der Waals surface area contributed by atoms with Gasteiger partial charge in [-0.15, -0.1) is 0 Å². The van der Waals surface area contributed by atoms with Crippen molar-refractivity contribution in [2.45, 2.75) is 26.4 Å². The van der Waals surface area contributed by atoms with E-state index in [0.29, 0.717) is 5.69 Å². The molecule has 0 unspecified atom stereocenters. The van der Waals surface area contributed by atoms with E-state index in [0.717, 1.165) is 5.69 Å². The zero-order valence-corrected chi connectivity index (χ0v) is 9.91. The van der Waals surface area contributed by atoms with E-state index in [-0.39, 0.29) is 18.1 Å². The molecule has 1 amide bonds. The molecule has 0 atom stereocenters. The van der Waals surface area contributed by atoms with Crippen LogP contribution in [0.1, 0.15) is 20.8 Å². The van der Waals surface area contributed by atoms with Gasteiger partial charge >= 0.3 is 0 Å². The van der Waals surface area contributed by atoms with Crippen LogP contribution < -0.4 is 11.1 Å². The van der Waals surface area contributed by atoms with Crippen LogP contribution in [0.3, 0.4) is 0 Å². The van der Waals surface area contributed by atoms with Crippen LogP contribution in [0.4, 0.5) is 11.4 Å². The third-order valence-corrected chi connectivity index (χ3v) is 1.83. The minimum atomic E-state index is -0.307. The molecule has 0 saturated heterocycles. The first-order valence-corrected chi connectivity index (χ1v) is 5.16. The Kier molecular flexibility index (Phi) is 3.90. The Morgan fingerprint density at radius 3 is 2.38 bits per heavy atom. The van der Waals surface area contributed by atoms with E-state index in [1.54, 1.807) is 24.3 Å². The molecule has 0 aliphatic rings. The first-order valence-electron chi connectivity index (χ1n) is 5.16. The molecule has 0 aromatic heterocycles. The van der Waals surface area contributed by atoms with E-state index in [4.69, 9.17) is 10.5 Å². The van der Waals surface area contributed by atoms with Crippen LogP contribution in [-0.2, 0) is 9.53 Å². The lowest BCUT2D eigenvalue weighted by atomic mass is 10.2. The van der Waals surface area contributed by atoms with Gasteiger partial charge in [-0.3, -0.25) is 4.79 Å². The molecule has 0 saturated carbocycles. The molecule has 4 nitrogen and oxygen atoms in total. The number of nitrogens with one attached hydrogen (secondary N) is 1. The average Bonchev–Trinajstić information content (AvgIpc) is 2.18. The molecule has 0 spiro atoms. The molecule has 0 fully saturated rings. The van der Waals surface area contributed by atoms with Gasteiger partial charge in [0, 0.05) is 11.4 Å². The Morgan fingerprint density at radius 1 is 1.31 bits per heavy atom. The molecule has 3 N–H and O–H groups in total. The molecule has 1 aromatic rings. The summed E-state index contributed by atoms with van der Waals surface area (Å²) in [5.74, 6) is -0.167. The number of carbonyl (C=O) groups is 1. The maximum Gasteiger partial charge on any atom is 0.250 e. The number of hydrogen-bond donors (Lipinski definition) is 2. The Labute approximate surface area is 95.8 Å². The molecule has 0 heterocycles. The summed E-state index contributed by atoms with van der Waals surface area (Å²) in [4.78, 5) is 11.5. The highest BCUT2D eigenvalue weighted by Crippen LogP contribution is 2.11. The number of anilines is 2. The third kappa shape index (κ3) is 4.79. The minimum absolute atomic E-state index is 0.0495. The molecular weight excluding hydrogens is 204 g/mol. The summed E-state index contributed by atoms with van der Waals surface area (Å²) in [6.07, 6.45) is 0. The zero-order valence-electron chi connectivity index (χ0n) is 9.91. The lowest BCUT2D eigenvalue weighted by Crippen LogP contribution is -2.27. The van der Waals surface area contributed by atoms with Gasteiger partial charge in [0.25, 0.3) is 0 Å². The fraction of sp³-hybridized carbons (Fsp3) is 0.417. The van der Waals surface area contributed by atoms with Crippen molar-refractivity contribution in [3.63, 3.8) is 0 Å². The van der Waals surface area contributed by atoms with Gasteiger partial charge in [-0.1, -0.05) is 0 Å². The lowest BCUT2D eigenvalue weighted by Gasteiger charge is -2.18. The second kappa shape index (κ2) is 4.99. The van der Waals surface area contributed by atoms with Gasteiger partial charge in [0.1, 0.15) is 6.61 Å². The Balaban J connectivity index is 2.43. The van der Waals surface area contributed by atoms with Gasteiger partial charge < -0.3 is 15.8 Å². The number of nitrogens with two attached hydrogens (primary N) is 1. The summed E-state index contributed by atoms with van der Waals surface area (Å²) in [5, 5.41) is 2.72. The second-order valence-electron chi connectivity index (χ2n) is 4.57. The van der Waals surface area contributed by atoms with Crippen molar-refractivity contribution in [1.82, 2.24) is 0 Å². The standard InChI is InChI=1S/C12H18N2O2/c1-12(2,3)16-8-11(15)14-10-6-4-9(13)5-7-10/h4-7H,8,13H2,1-3H3,(H,14,15). The normalized spacial score (nSPS) is 11.2. The molecule has 0 aliphatic heterocycles. The molecule has 88 valence electrons. The Morgan fingerprint density at radius 2 is 1.88 bits per heavy atom. The van der Waals surface area contributed by atoms with Crippen LogP contribution in [0.2, 0.25) is 0 Å². The van der Waals surface area contributed by atoms with E-state index in [9.17, 15) is 4.79 Å². The van der Waals surface area contributed by atoms with Gasteiger partial charge in [0.15, 0.2) is 0 Å². The van der Waals surface area contributed by atoms with Crippen LogP contribution in [-0.4, -0.2) is 18.1 Å². The third-order valence-electron chi connectivity index (χ3n) is 1.83. The molecule has 0 aliphatic carbocycles. The smallest absolute Gasteiger partial charge is 0.250 e. The largest absolute Gasteiger partial charge is 0.399 e. The van der Waals surface area contributed by atoms with Crippen molar-refractivity contribution in [2.24, 2.45) is 0 Å². The second-order valence-corrected chi connectivity index (χ2v) is 4.57. The zero-order chi connectivity index (χ0) is 12.2. The number of carbonyl (C=O) groups excluding carboxylic acids is 1. The summed E-state index contributed by atoms with van der Waals surface area (Å²) in [5.41, 5.74) is 6.62. The van der Waals surface area contributed by atoms with Crippen molar-refractivity contribution >= 4 is 17.3 Å². The highest BCUT2D eigenvalue weighted by molar-refractivity contribution is 5.91. The fourth-order valence-electron chi connectivity index (χ4n) is 1.05. The van der Waals surface area contributed by atoms with Gasteiger partial charge in [0.05, 0.1) is 5.60 Å². The molecule has 1 rings (SSSR count). The van der Waals surface area contributed by atoms with Crippen LogP contribution in [0.15, 0.2) is 24.3 Å². The van der Waals surface area contributed by atoms with Crippen molar-refractivity contribution in [2.75, 3.05) is 17.7 Å². The van der Waals surface area contributed by atoms with Crippen LogP contribution in [0, 0.1) is 0 Å². The minimum Gasteiger partial charge on any atom is -0.399 e. The topological polar surface area (TPSA) is 64.3 Å². The predicted octanol–water partition coefficient (Wildman–Crippen LogP) is 2.02. The number of rotatable bonds is 3. The summed E-state index contributed by atoms with van der Waals surface area (Å²) in [7, 11) is 0. The van der Waals surface area contributed by atoms with Crippen molar-refractivity contribution < 1.29 is 9.53 Å². The van der Waals surface area contributed by atoms with Crippen molar-refractivity contribution in [3.05, 3.63) is 24.3 Å². The van der Waals surface area contributed by atoms with Crippen molar-refractivity contribution in [3.8, 4) is 0 Å². The first-order chi connectivity index (χ1) is 7.37. The molecule has 0 radical (unpaired) electrons. The van der Waals surface area contributed by atoms with Crippen LogP contribution in [0.25, 0.3) is 0 Å². The number of ether oxygens (including phenoxy) is 1. The molecule has 0 bridgehead atoms. The number of hydrogen-bond acceptors (Lipinski definition) is 3. The highest BCUT2D eigenvalue weighted by atomic mass is 16.5. The van der Waals surface area contributed by atoms with Crippen LogP contribution in [0.5, 0.6) is 0 Å². The fourth-order valence-corrected chi connectivity index (χ4v) is 1.05. The van der Waals surface area contributed by atoms with E-state index >= 15 is 0 Å². The summed E-state index contributed by atoms with van der Waals surface area (Å²) >= 11 is 0. The monoisotopic (exact) mass is 222 g/mol. The Hall–Kier alpha value is -1.55. The summed E-state index contributed by atoms with van der Waals surface area (Å²) in [6, 6.07) is 6.98. The molecular formula is C12H18N2O2. The number of benzene rings is 1. The lowest BCUT2D eigenvalue weighted by molar-refractivity contribution is -0.125. The average molecular weight is 222 g/mol. The molecule has 16 heavy (non-hydrogen) atoms. The van der Waals surface area contributed by atoms with Gasteiger partial charge in [-0.05, 0) is 45.0 Å². The first kappa shape index (κ1) is 12.5. The molecule has 1 aromatic carbocycles. The van der Waals surface area contributed by atoms with E-state index in [2.05, 4.69) is 5.32 Å². The predicted molar refractivity (Wildman–Crippen MR) is 65.2 cm³/mol. The van der Waals surface area contributed by atoms with Crippen LogP contribution >= 0.6 is 0 Å². The Bertz CT molecular complexity index is 352. The SMILES string of the molecule is CC(C)(C)OCC(=O)Nc1ccc(N)cc1. The number of nitrogen functional groups attached to an aromatic ring is 1. The van der Waals surface area contributed by atoms with Gasteiger partial charge in [0.2, 0.25) is 5.91 Å². The summed E-state index contributed by atoms with van der Waals surface area (Å²) in [6.45, 7) is 5.77. The van der Waals surface area contributed by atoms with E-state index < -0.39 is 0 Å². The highest BCUT2D eigenvalue weighted by Gasteiger charge is 2.12. The summed E-state index contributed by atoms with van der Waals surface area (Å²) < 4.78 is 5.35. The van der Waals surface area contributed by atoms with E-state index in [1.165, 1.54) is 0 Å². The quantitative estimate of drug-likeness (QED) is 0.769. The van der Waals surface area contributed by atoms with Gasteiger partial charge in [-0.2, -0.15) is 0 Å². The molecule has 4 heteroatoms. The van der Waals surface area contributed by atoms with Gasteiger partial charge in [-0.25, -0.2) is 0 Å². The maximum atomic E-state index is 11.5. The number of amides is 1.